The van der Waals surface area contributed by atoms with Gasteiger partial charge in [-0.15, -0.1) is 0 Å². The van der Waals surface area contributed by atoms with Gasteiger partial charge in [0.2, 0.25) is 0 Å². The number of ether oxygens (including phenoxy) is 1. The van der Waals surface area contributed by atoms with E-state index in [1.807, 2.05) is 26.8 Å². The Kier molecular flexibility index (Phi) is 5.03. The van der Waals surface area contributed by atoms with Crippen molar-refractivity contribution in [2.75, 3.05) is 6.54 Å². The highest BCUT2D eigenvalue weighted by Gasteiger charge is 2.16. The third-order valence-electron chi connectivity index (χ3n) is 4.28. The number of H-pyrrole nitrogens is 1. The lowest BCUT2D eigenvalue weighted by atomic mass is 10.0. The maximum Gasteiger partial charge on any atom is 0.407 e. The van der Waals surface area contributed by atoms with Gasteiger partial charge in [-0.05, 0) is 45.2 Å². The zero-order chi connectivity index (χ0) is 18.7. The molecule has 0 saturated heterocycles. The van der Waals surface area contributed by atoms with Gasteiger partial charge in [-0.3, -0.25) is 0 Å². The van der Waals surface area contributed by atoms with Gasteiger partial charge in [0.25, 0.3) is 0 Å². The van der Waals surface area contributed by atoms with Crippen molar-refractivity contribution < 1.29 is 9.53 Å². The molecule has 1 heterocycles. The molecule has 2 aromatic carbocycles. The first-order chi connectivity index (χ1) is 12.3. The highest BCUT2D eigenvalue weighted by molar-refractivity contribution is 5.96. The molecule has 0 aliphatic carbocycles. The molecule has 0 unspecified atom stereocenters. The Balaban J connectivity index is 1.80. The summed E-state index contributed by atoms with van der Waals surface area (Å²) in [7, 11) is 0. The largest absolute Gasteiger partial charge is 0.444 e. The molecule has 0 bridgehead atoms. The second-order valence-corrected chi connectivity index (χ2v) is 7.50. The van der Waals surface area contributed by atoms with Gasteiger partial charge in [0, 0.05) is 23.2 Å². The van der Waals surface area contributed by atoms with E-state index in [4.69, 9.17) is 4.74 Å². The maximum atomic E-state index is 11.8. The minimum absolute atomic E-state index is 0.375. The van der Waals surface area contributed by atoms with Crippen LogP contribution in [0.3, 0.4) is 0 Å². The molecule has 0 atom stereocenters. The Labute approximate surface area is 154 Å². The molecule has 0 fully saturated rings. The lowest BCUT2D eigenvalue weighted by molar-refractivity contribution is 0.0528. The number of rotatable bonds is 4. The summed E-state index contributed by atoms with van der Waals surface area (Å²) in [6, 6.07) is 16.7. The van der Waals surface area contributed by atoms with Crippen molar-refractivity contribution in [2.24, 2.45) is 0 Å². The number of carbonyl (C=O) groups excluding carboxylic acids is 1. The molecule has 4 heteroatoms. The molecule has 0 spiro atoms. The highest BCUT2D eigenvalue weighted by Crippen LogP contribution is 2.31. The summed E-state index contributed by atoms with van der Waals surface area (Å²) in [5.74, 6) is 0. The zero-order valence-electron chi connectivity index (χ0n) is 15.8. The first-order valence-corrected chi connectivity index (χ1v) is 8.97. The molecule has 0 aliphatic heterocycles. The van der Waals surface area contributed by atoms with Crippen molar-refractivity contribution in [3.8, 4) is 11.1 Å². The number of hydrogen-bond acceptors (Lipinski definition) is 2. The van der Waals surface area contributed by atoms with Gasteiger partial charge in [0.05, 0.1) is 5.52 Å². The Bertz CT molecular complexity index is 905. The number of aromatic nitrogens is 1. The number of hydrogen-bond donors (Lipinski definition) is 2. The van der Waals surface area contributed by atoms with Crippen LogP contribution in [0.15, 0.2) is 48.5 Å². The summed E-state index contributed by atoms with van der Waals surface area (Å²) >= 11 is 0. The predicted molar refractivity (Wildman–Crippen MR) is 106 cm³/mol. The van der Waals surface area contributed by atoms with Gasteiger partial charge in [0.1, 0.15) is 5.60 Å². The second-order valence-electron chi connectivity index (χ2n) is 7.50. The van der Waals surface area contributed by atoms with Gasteiger partial charge < -0.3 is 15.0 Å². The molecular formula is C22H26N2O2. The predicted octanol–water partition coefficient (Wildman–Crippen LogP) is 5.21. The van der Waals surface area contributed by atoms with Crippen LogP contribution in [0.4, 0.5) is 4.79 Å². The summed E-state index contributed by atoms with van der Waals surface area (Å²) in [6.45, 7) is 8.21. The molecule has 136 valence electrons. The first kappa shape index (κ1) is 18.1. The van der Waals surface area contributed by atoms with Crippen molar-refractivity contribution in [3.05, 3.63) is 59.8 Å². The van der Waals surface area contributed by atoms with E-state index >= 15 is 0 Å². The number of aromatic amines is 1. The minimum Gasteiger partial charge on any atom is -0.444 e. The normalized spacial score (nSPS) is 11.5. The van der Waals surface area contributed by atoms with Crippen LogP contribution >= 0.6 is 0 Å². The summed E-state index contributed by atoms with van der Waals surface area (Å²) in [5, 5.41) is 4.04. The second kappa shape index (κ2) is 7.24. The summed E-state index contributed by atoms with van der Waals surface area (Å²) in [5.41, 5.74) is 5.41. The number of amides is 1. The lowest BCUT2D eigenvalue weighted by Gasteiger charge is -2.19. The fraction of sp³-hybridized carbons (Fsp3) is 0.318. The molecule has 26 heavy (non-hydrogen) atoms. The summed E-state index contributed by atoms with van der Waals surface area (Å²) < 4.78 is 5.29. The minimum atomic E-state index is -0.481. The van der Waals surface area contributed by atoms with E-state index in [2.05, 4.69) is 59.7 Å². The number of aryl methyl sites for hydroxylation is 1. The van der Waals surface area contributed by atoms with Gasteiger partial charge in [0.15, 0.2) is 0 Å². The Morgan fingerprint density at radius 3 is 2.50 bits per heavy atom. The molecule has 3 aromatic rings. The molecule has 1 aromatic heterocycles. The standard InChI is InChI=1S/C22H26N2O2/c1-15-17(13-14-23-21(25)26-22(2,3)4)19-12-8-11-18(20(19)24-15)16-9-6-5-7-10-16/h5-12,24H,13-14H2,1-4H3,(H,23,25). The van der Waals surface area contributed by atoms with Crippen LogP contribution in [0, 0.1) is 6.92 Å². The van der Waals surface area contributed by atoms with E-state index in [-0.39, 0.29) is 6.09 Å². The van der Waals surface area contributed by atoms with E-state index in [1.54, 1.807) is 0 Å². The van der Waals surface area contributed by atoms with Crippen LogP contribution in [-0.4, -0.2) is 23.2 Å². The molecular weight excluding hydrogens is 324 g/mol. The fourth-order valence-corrected chi connectivity index (χ4v) is 3.19. The third kappa shape index (κ3) is 4.07. The van der Waals surface area contributed by atoms with E-state index in [1.165, 1.54) is 22.1 Å². The molecule has 3 rings (SSSR count). The number of para-hydroxylation sites is 1. The number of fused-ring (bicyclic) bond motifs is 1. The molecule has 0 radical (unpaired) electrons. The van der Waals surface area contributed by atoms with Gasteiger partial charge in [-0.1, -0.05) is 48.5 Å². The van der Waals surface area contributed by atoms with E-state index in [0.717, 1.165) is 17.6 Å². The zero-order valence-corrected chi connectivity index (χ0v) is 15.8. The molecule has 4 nitrogen and oxygen atoms in total. The van der Waals surface area contributed by atoms with Gasteiger partial charge in [-0.2, -0.15) is 0 Å². The number of benzene rings is 2. The molecule has 1 amide bonds. The lowest BCUT2D eigenvalue weighted by Crippen LogP contribution is -2.33. The first-order valence-electron chi connectivity index (χ1n) is 8.97. The summed E-state index contributed by atoms with van der Waals surface area (Å²) in [6.07, 6.45) is 0.378. The topological polar surface area (TPSA) is 54.1 Å². The number of alkyl carbamates (subject to hydrolysis) is 1. The van der Waals surface area contributed by atoms with Crippen LogP contribution in [0.1, 0.15) is 32.0 Å². The maximum absolute atomic E-state index is 11.8. The third-order valence-corrected chi connectivity index (χ3v) is 4.28. The van der Waals surface area contributed by atoms with Crippen molar-refractivity contribution in [3.63, 3.8) is 0 Å². The van der Waals surface area contributed by atoms with Crippen LogP contribution in [-0.2, 0) is 11.2 Å². The van der Waals surface area contributed by atoms with Gasteiger partial charge in [-0.25, -0.2) is 4.79 Å². The van der Waals surface area contributed by atoms with Gasteiger partial charge >= 0.3 is 6.09 Å². The monoisotopic (exact) mass is 350 g/mol. The van der Waals surface area contributed by atoms with Crippen molar-refractivity contribution in [1.29, 1.82) is 0 Å². The molecule has 0 aliphatic rings. The average molecular weight is 350 g/mol. The Hall–Kier alpha value is -2.75. The molecule has 2 N–H and O–H groups in total. The average Bonchev–Trinajstić information content (AvgIpc) is 2.90. The molecule has 0 saturated carbocycles. The SMILES string of the molecule is Cc1[nH]c2c(-c3ccccc3)cccc2c1CCNC(=O)OC(C)(C)C. The van der Waals surface area contributed by atoms with Crippen LogP contribution < -0.4 is 5.32 Å². The van der Waals surface area contributed by atoms with Crippen molar-refractivity contribution in [2.45, 2.75) is 39.7 Å². The summed E-state index contributed by atoms with van der Waals surface area (Å²) in [4.78, 5) is 15.4. The van der Waals surface area contributed by atoms with Crippen LogP contribution in [0.2, 0.25) is 0 Å². The van der Waals surface area contributed by atoms with E-state index in [0.29, 0.717) is 6.54 Å². The Morgan fingerprint density at radius 1 is 1.08 bits per heavy atom. The van der Waals surface area contributed by atoms with E-state index < -0.39 is 5.60 Å². The van der Waals surface area contributed by atoms with Crippen molar-refractivity contribution >= 4 is 17.0 Å². The fourth-order valence-electron chi connectivity index (χ4n) is 3.19. The Morgan fingerprint density at radius 2 is 1.81 bits per heavy atom. The van der Waals surface area contributed by atoms with Crippen LogP contribution in [0.25, 0.3) is 22.0 Å². The van der Waals surface area contributed by atoms with E-state index in [9.17, 15) is 4.79 Å². The quantitative estimate of drug-likeness (QED) is 0.678. The van der Waals surface area contributed by atoms with Crippen LogP contribution in [0.5, 0.6) is 0 Å². The number of carbonyl (C=O) groups is 1. The highest BCUT2D eigenvalue weighted by atomic mass is 16.6. The number of nitrogens with one attached hydrogen (secondary N) is 2. The van der Waals surface area contributed by atoms with Crippen molar-refractivity contribution in [1.82, 2.24) is 10.3 Å². The smallest absolute Gasteiger partial charge is 0.407 e.